The van der Waals surface area contributed by atoms with Crippen LogP contribution in [0.4, 0.5) is 0 Å². The molecule has 0 bridgehead atoms. The highest BCUT2D eigenvalue weighted by molar-refractivity contribution is 8.00. The molecule has 1 heterocycles. The fraction of sp³-hybridized carbons (Fsp3) is 0.545. The van der Waals surface area contributed by atoms with Gasteiger partial charge in [-0.15, -0.1) is 11.8 Å². The van der Waals surface area contributed by atoms with E-state index in [2.05, 4.69) is 31.1 Å². The van der Waals surface area contributed by atoms with Gasteiger partial charge in [0.05, 0.1) is 5.02 Å². The molecule has 2 nitrogen and oxygen atoms in total. The van der Waals surface area contributed by atoms with Gasteiger partial charge in [0.1, 0.15) is 5.03 Å². The van der Waals surface area contributed by atoms with Crippen LogP contribution in [-0.2, 0) is 0 Å². The minimum absolute atomic E-state index is 0.456. The lowest BCUT2D eigenvalue weighted by atomic mass is 10.2. The molecule has 0 aliphatic rings. The predicted molar refractivity (Wildman–Crippen MR) is 67.7 cm³/mol. The van der Waals surface area contributed by atoms with Crippen molar-refractivity contribution in [1.82, 2.24) is 10.3 Å². The second kappa shape index (κ2) is 6.36. The van der Waals surface area contributed by atoms with E-state index in [4.69, 9.17) is 11.6 Å². The predicted octanol–water partition coefficient (Wildman–Crippen LogP) is 3.21. The molecule has 0 aromatic carbocycles. The van der Waals surface area contributed by atoms with Crippen LogP contribution in [-0.4, -0.2) is 22.8 Å². The first-order valence-corrected chi connectivity index (χ1v) is 6.41. The normalized spacial score (nSPS) is 14.9. The lowest BCUT2D eigenvalue weighted by Crippen LogP contribution is -2.33. The van der Waals surface area contributed by atoms with Crippen molar-refractivity contribution in [2.24, 2.45) is 0 Å². The molecular formula is C11H17ClN2S. The molecule has 0 aliphatic carbocycles. The molecule has 84 valence electrons. The van der Waals surface area contributed by atoms with Gasteiger partial charge >= 0.3 is 0 Å². The zero-order chi connectivity index (χ0) is 11.3. The number of thioether (sulfide) groups is 1. The minimum Gasteiger partial charge on any atom is -0.313 e. The fourth-order valence-corrected chi connectivity index (χ4v) is 2.43. The molecule has 1 N–H and O–H groups in total. The summed E-state index contributed by atoms with van der Waals surface area (Å²) in [6.07, 6.45) is 1.78. The van der Waals surface area contributed by atoms with Crippen molar-refractivity contribution in [3.05, 3.63) is 23.4 Å². The molecule has 1 rings (SSSR count). The molecule has 0 spiro atoms. The Bertz CT molecular complexity index is 306. The van der Waals surface area contributed by atoms with Crippen LogP contribution in [0.3, 0.4) is 0 Å². The third-order valence-electron chi connectivity index (χ3n) is 2.25. The van der Waals surface area contributed by atoms with Crippen LogP contribution in [0.5, 0.6) is 0 Å². The number of pyridine rings is 1. The highest BCUT2D eigenvalue weighted by Gasteiger charge is 2.14. The molecule has 2 unspecified atom stereocenters. The molecule has 4 heteroatoms. The minimum atomic E-state index is 0.456. The summed E-state index contributed by atoms with van der Waals surface area (Å²) in [4.78, 5) is 4.26. The topological polar surface area (TPSA) is 24.9 Å². The molecule has 15 heavy (non-hydrogen) atoms. The molecule has 0 saturated heterocycles. The van der Waals surface area contributed by atoms with E-state index in [0.717, 1.165) is 16.6 Å². The van der Waals surface area contributed by atoms with Crippen LogP contribution < -0.4 is 5.32 Å². The Morgan fingerprint density at radius 1 is 1.53 bits per heavy atom. The van der Waals surface area contributed by atoms with E-state index in [1.54, 1.807) is 18.0 Å². The summed E-state index contributed by atoms with van der Waals surface area (Å²) in [6, 6.07) is 4.19. The van der Waals surface area contributed by atoms with Gasteiger partial charge in [-0.2, -0.15) is 0 Å². The van der Waals surface area contributed by atoms with E-state index < -0.39 is 0 Å². The monoisotopic (exact) mass is 244 g/mol. The summed E-state index contributed by atoms with van der Waals surface area (Å²) >= 11 is 7.76. The Kier molecular flexibility index (Phi) is 5.43. The standard InChI is InChI=1S/C11H17ClN2S/c1-4-13-8(2)9(3)15-11-10(12)6-5-7-14-11/h5-9,13H,4H2,1-3H3. The number of nitrogens with zero attached hydrogens (tertiary/aromatic N) is 1. The lowest BCUT2D eigenvalue weighted by Gasteiger charge is -2.19. The van der Waals surface area contributed by atoms with Crippen molar-refractivity contribution in [2.75, 3.05) is 6.54 Å². The van der Waals surface area contributed by atoms with Crippen molar-refractivity contribution in [3.63, 3.8) is 0 Å². The van der Waals surface area contributed by atoms with Gasteiger partial charge in [0, 0.05) is 17.5 Å². The van der Waals surface area contributed by atoms with Gasteiger partial charge in [-0.3, -0.25) is 0 Å². The first kappa shape index (κ1) is 12.8. The van der Waals surface area contributed by atoms with Crippen LogP contribution in [0.15, 0.2) is 23.4 Å². The van der Waals surface area contributed by atoms with Crippen molar-refractivity contribution in [1.29, 1.82) is 0 Å². The maximum atomic E-state index is 6.05. The van der Waals surface area contributed by atoms with E-state index in [-0.39, 0.29) is 0 Å². The van der Waals surface area contributed by atoms with Crippen LogP contribution in [0, 0.1) is 0 Å². The number of hydrogen-bond donors (Lipinski definition) is 1. The third kappa shape index (κ3) is 4.01. The zero-order valence-corrected chi connectivity index (χ0v) is 10.9. The van der Waals surface area contributed by atoms with Gasteiger partial charge in [0.15, 0.2) is 0 Å². The van der Waals surface area contributed by atoms with Crippen LogP contribution in [0.1, 0.15) is 20.8 Å². The van der Waals surface area contributed by atoms with Crippen molar-refractivity contribution in [3.8, 4) is 0 Å². The molecule has 0 fully saturated rings. The van der Waals surface area contributed by atoms with Gasteiger partial charge < -0.3 is 5.32 Å². The smallest absolute Gasteiger partial charge is 0.115 e. The molecule has 0 amide bonds. The molecule has 0 aliphatic heterocycles. The molecule has 2 atom stereocenters. The Balaban J connectivity index is 2.58. The highest BCUT2D eigenvalue weighted by atomic mass is 35.5. The summed E-state index contributed by atoms with van der Waals surface area (Å²) < 4.78 is 0. The van der Waals surface area contributed by atoms with Gasteiger partial charge in [0.25, 0.3) is 0 Å². The molecule has 1 aromatic rings. The first-order valence-electron chi connectivity index (χ1n) is 5.15. The highest BCUT2D eigenvalue weighted by Crippen LogP contribution is 2.29. The number of aromatic nitrogens is 1. The maximum Gasteiger partial charge on any atom is 0.115 e. The summed E-state index contributed by atoms with van der Waals surface area (Å²) in [5.41, 5.74) is 0. The van der Waals surface area contributed by atoms with E-state index in [9.17, 15) is 0 Å². The van der Waals surface area contributed by atoms with E-state index in [1.807, 2.05) is 12.1 Å². The third-order valence-corrected chi connectivity index (χ3v) is 4.00. The van der Waals surface area contributed by atoms with Crippen molar-refractivity contribution < 1.29 is 0 Å². The molecule has 0 saturated carbocycles. The molecule has 0 radical (unpaired) electrons. The van der Waals surface area contributed by atoms with Crippen LogP contribution in [0.25, 0.3) is 0 Å². The SMILES string of the molecule is CCNC(C)C(C)Sc1ncccc1Cl. The Morgan fingerprint density at radius 2 is 2.27 bits per heavy atom. The van der Waals surface area contributed by atoms with Gasteiger partial charge in [-0.25, -0.2) is 4.98 Å². The average Bonchev–Trinajstić information content (AvgIpc) is 2.21. The largest absolute Gasteiger partial charge is 0.313 e. The summed E-state index contributed by atoms with van der Waals surface area (Å²) in [5, 5.41) is 5.50. The number of nitrogens with one attached hydrogen (secondary N) is 1. The Hall–Kier alpha value is -0.250. The quantitative estimate of drug-likeness (QED) is 0.806. The first-order chi connectivity index (χ1) is 7.15. The van der Waals surface area contributed by atoms with Gasteiger partial charge in [-0.05, 0) is 25.6 Å². The van der Waals surface area contributed by atoms with E-state index in [0.29, 0.717) is 11.3 Å². The van der Waals surface area contributed by atoms with Crippen molar-refractivity contribution >= 4 is 23.4 Å². The number of rotatable bonds is 5. The average molecular weight is 245 g/mol. The summed E-state index contributed by atoms with van der Waals surface area (Å²) in [7, 11) is 0. The number of hydrogen-bond acceptors (Lipinski definition) is 3. The second-order valence-corrected chi connectivity index (χ2v) is 5.23. The van der Waals surface area contributed by atoms with Gasteiger partial charge in [-0.1, -0.05) is 25.4 Å². The molecular weight excluding hydrogens is 228 g/mol. The van der Waals surface area contributed by atoms with E-state index >= 15 is 0 Å². The second-order valence-electron chi connectivity index (χ2n) is 3.46. The summed E-state index contributed by atoms with van der Waals surface area (Å²) in [6.45, 7) is 7.46. The lowest BCUT2D eigenvalue weighted by molar-refractivity contribution is 0.563. The van der Waals surface area contributed by atoms with Gasteiger partial charge in [0.2, 0.25) is 0 Å². The summed E-state index contributed by atoms with van der Waals surface area (Å²) in [5.74, 6) is 0. The van der Waals surface area contributed by atoms with Crippen molar-refractivity contribution in [2.45, 2.75) is 37.1 Å². The van der Waals surface area contributed by atoms with Crippen LogP contribution in [0.2, 0.25) is 5.02 Å². The Labute approximate surface area is 101 Å². The fourth-order valence-electron chi connectivity index (χ4n) is 1.22. The Morgan fingerprint density at radius 3 is 2.87 bits per heavy atom. The van der Waals surface area contributed by atoms with E-state index in [1.165, 1.54) is 0 Å². The number of halogens is 1. The maximum absolute atomic E-state index is 6.05. The van der Waals surface area contributed by atoms with Crippen LogP contribution >= 0.6 is 23.4 Å². The molecule has 1 aromatic heterocycles. The zero-order valence-electron chi connectivity index (χ0n) is 9.33.